The van der Waals surface area contributed by atoms with Crippen molar-refractivity contribution in [3.8, 4) is 5.88 Å². The number of hydrogen-bond donors (Lipinski definition) is 2. The fourth-order valence-corrected chi connectivity index (χ4v) is 3.79. The van der Waals surface area contributed by atoms with Crippen LogP contribution in [0.2, 0.25) is 10.0 Å². The van der Waals surface area contributed by atoms with Gasteiger partial charge in [-0.3, -0.25) is 9.83 Å². The molecule has 27 heavy (non-hydrogen) atoms. The van der Waals surface area contributed by atoms with Crippen molar-refractivity contribution in [2.75, 3.05) is 13.7 Å². The van der Waals surface area contributed by atoms with Crippen LogP contribution in [0, 0.1) is 0 Å². The summed E-state index contributed by atoms with van der Waals surface area (Å²) in [5, 5.41) is 14.1. The Hall–Kier alpha value is -2.05. The number of nitrogens with one attached hydrogen (secondary N) is 1. The molecule has 3 aromatic rings. The minimum Gasteiger partial charge on any atom is -0.494 e. The third-order valence-electron chi connectivity index (χ3n) is 4.67. The zero-order chi connectivity index (χ0) is 19.1. The standard InChI is InChI=1S/C20H19Cl2N3O2/c1-3-8-27-25(2)19-11-6-4-5-7-15(11)23-18(19)17-12-9-13(21)14(22)10-16(12)24-20(17)26/h4-7,9-10,19,24,26H,3,8H2,1-2H3. The fourth-order valence-electron chi connectivity index (χ4n) is 3.46. The molecule has 5 nitrogen and oxygen atoms in total. The molecule has 7 heteroatoms. The first-order valence-corrected chi connectivity index (χ1v) is 9.50. The van der Waals surface area contributed by atoms with Gasteiger partial charge in [-0.2, -0.15) is 5.06 Å². The number of aromatic hydroxyl groups is 1. The summed E-state index contributed by atoms with van der Waals surface area (Å²) in [6.45, 7) is 2.66. The Balaban J connectivity index is 1.88. The number of aromatic nitrogens is 1. The van der Waals surface area contributed by atoms with Crippen LogP contribution in [0.5, 0.6) is 5.88 Å². The van der Waals surface area contributed by atoms with E-state index in [4.69, 9.17) is 33.0 Å². The van der Waals surface area contributed by atoms with Crippen LogP contribution in [0.4, 0.5) is 5.69 Å². The molecule has 1 aliphatic rings. The lowest BCUT2D eigenvalue weighted by Gasteiger charge is -2.25. The highest BCUT2D eigenvalue weighted by molar-refractivity contribution is 6.43. The van der Waals surface area contributed by atoms with Crippen molar-refractivity contribution in [2.24, 2.45) is 4.99 Å². The molecule has 140 valence electrons. The molecule has 0 fully saturated rings. The van der Waals surface area contributed by atoms with Crippen LogP contribution in [-0.2, 0) is 4.84 Å². The van der Waals surface area contributed by atoms with Gasteiger partial charge >= 0.3 is 0 Å². The van der Waals surface area contributed by atoms with Crippen LogP contribution in [0.3, 0.4) is 0 Å². The molecule has 0 saturated heterocycles. The maximum Gasteiger partial charge on any atom is 0.198 e. The van der Waals surface area contributed by atoms with Gasteiger partial charge in [0.25, 0.3) is 0 Å². The van der Waals surface area contributed by atoms with Gasteiger partial charge < -0.3 is 10.1 Å². The summed E-state index contributed by atoms with van der Waals surface area (Å²) in [5.74, 6) is 0.0313. The molecule has 0 aliphatic carbocycles. The summed E-state index contributed by atoms with van der Waals surface area (Å²) in [4.78, 5) is 13.6. The zero-order valence-corrected chi connectivity index (χ0v) is 16.5. The number of rotatable bonds is 5. The van der Waals surface area contributed by atoms with Crippen molar-refractivity contribution in [3.05, 3.63) is 57.6 Å². The summed E-state index contributed by atoms with van der Waals surface area (Å²) in [7, 11) is 1.88. The minimum atomic E-state index is -0.243. The number of H-pyrrole nitrogens is 1. The molecule has 2 aromatic carbocycles. The Kier molecular flexibility index (Phi) is 4.86. The topological polar surface area (TPSA) is 60.9 Å². The molecule has 0 bridgehead atoms. The van der Waals surface area contributed by atoms with Crippen LogP contribution < -0.4 is 0 Å². The predicted octanol–water partition coefficient (Wildman–Crippen LogP) is 5.63. The van der Waals surface area contributed by atoms with Gasteiger partial charge in [-0.25, -0.2) is 0 Å². The number of likely N-dealkylation sites (N-methyl/N-ethyl adjacent to an activating group) is 1. The van der Waals surface area contributed by atoms with E-state index in [1.165, 1.54) is 0 Å². The number of fused-ring (bicyclic) bond motifs is 2. The van der Waals surface area contributed by atoms with Crippen molar-refractivity contribution in [2.45, 2.75) is 19.4 Å². The van der Waals surface area contributed by atoms with Gasteiger partial charge in [-0.1, -0.05) is 48.3 Å². The molecule has 0 radical (unpaired) electrons. The van der Waals surface area contributed by atoms with Crippen molar-refractivity contribution in [3.63, 3.8) is 0 Å². The van der Waals surface area contributed by atoms with Crippen LogP contribution >= 0.6 is 23.2 Å². The maximum absolute atomic E-state index is 10.6. The van der Waals surface area contributed by atoms with Gasteiger partial charge in [0.2, 0.25) is 0 Å². The van der Waals surface area contributed by atoms with E-state index < -0.39 is 0 Å². The summed E-state index contributed by atoms with van der Waals surface area (Å²) in [6, 6.07) is 11.1. The van der Waals surface area contributed by atoms with Crippen LogP contribution in [-0.4, -0.2) is 34.5 Å². The first-order chi connectivity index (χ1) is 13.0. The number of aliphatic imine (C=N–C) groups is 1. The smallest absolute Gasteiger partial charge is 0.198 e. The summed E-state index contributed by atoms with van der Waals surface area (Å²) < 4.78 is 0. The molecule has 1 aliphatic heterocycles. The van der Waals surface area contributed by atoms with Gasteiger partial charge in [0.1, 0.15) is 6.04 Å². The monoisotopic (exact) mass is 403 g/mol. The van der Waals surface area contributed by atoms with E-state index in [-0.39, 0.29) is 11.9 Å². The molecular weight excluding hydrogens is 385 g/mol. The van der Waals surface area contributed by atoms with E-state index in [1.54, 1.807) is 17.2 Å². The molecule has 0 amide bonds. The molecule has 0 saturated carbocycles. The normalized spacial score (nSPS) is 16.2. The second kappa shape index (κ2) is 7.17. The van der Waals surface area contributed by atoms with Crippen LogP contribution in [0.15, 0.2) is 41.4 Å². The summed E-state index contributed by atoms with van der Waals surface area (Å²) in [6.07, 6.45) is 0.900. The molecule has 2 N–H and O–H groups in total. The predicted molar refractivity (Wildman–Crippen MR) is 109 cm³/mol. The number of hydrogen-bond acceptors (Lipinski definition) is 4. The molecule has 2 heterocycles. The molecule has 1 atom stereocenters. The third kappa shape index (κ3) is 3.11. The second-order valence-electron chi connectivity index (χ2n) is 6.50. The minimum absolute atomic E-state index is 0.0313. The van der Waals surface area contributed by atoms with Gasteiger partial charge in [-0.05, 0) is 24.6 Å². The van der Waals surface area contributed by atoms with E-state index in [0.717, 1.165) is 23.1 Å². The Morgan fingerprint density at radius 1 is 1.22 bits per heavy atom. The lowest BCUT2D eigenvalue weighted by atomic mass is 9.98. The first-order valence-electron chi connectivity index (χ1n) is 8.74. The number of nitrogens with zero attached hydrogens (tertiary/aromatic N) is 2. The maximum atomic E-state index is 10.6. The van der Waals surface area contributed by atoms with E-state index in [9.17, 15) is 5.11 Å². The van der Waals surface area contributed by atoms with Crippen molar-refractivity contribution in [1.29, 1.82) is 0 Å². The second-order valence-corrected chi connectivity index (χ2v) is 7.31. The zero-order valence-electron chi connectivity index (χ0n) is 15.0. The van der Waals surface area contributed by atoms with E-state index >= 15 is 0 Å². The van der Waals surface area contributed by atoms with Gasteiger partial charge in [0.15, 0.2) is 5.88 Å². The quantitative estimate of drug-likeness (QED) is 0.542. The van der Waals surface area contributed by atoms with Crippen molar-refractivity contribution >= 4 is 45.5 Å². The third-order valence-corrected chi connectivity index (χ3v) is 5.39. The Morgan fingerprint density at radius 2 is 1.96 bits per heavy atom. The number of aromatic amines is 1. The number of benzene rings is 2. The average Bonchev–Trinajstić information content (AvgIpc) is 3.16. The molecule has 0 spiro atoms. The summed E-state index contributed by atoms with van der Waals surface area (Å²) >= 11 is 12.4. The average molecular weight is 404 g/mol. The Morgan fingerprint density at radius 3 is 2.74 bits per heavy atom. The number of hydroxylamine groups is 2. The summed E-state index contributed by atoms with van der Waals surface area (Å²) in [5.41, 5.74) is 3.90. The van der Waals surface area contributed by atoms with Gasteiger partial charge in [0, 0.05) is 18.0 Å². The first kappa shape index (κ1) is 18.3. The van der Waals surface area contributed by atoms with E-state index in [0.29, 0.717) is 33.4 Å². The molecular formula is C20H19Cl2N3O2. The number of para-hydroxylation sites is 1. The van der Waals surface area contributed by atoms with Crippen LogP contribution in [0.1, 0.15) is 30.5 Å². The van der Waals surface area contributed by atoms with Crippen molar-refractivity contribution < 1.29 is 9.94 Å². The van der Waals surface area contributed by atoms with E-state index in [2.05, 4.69) is 11.9 Å². The molecule has 1 unspecified atom stereocenters. The number of halogens is 2. The largest absolute Gasteiger partial charge is 0.494 e. The molecule has 4 rings (SSSR count). The lowest BCUT2D eigenvalue weighted by Crippen LogP contribution is -2.30. The Labute approximate surface area is 167 Å². The van der Waals surface area contributed by atoms with Crippen LogP contribution in [0.25, 0.3) is 10.9 Å². The molecule has 1 aromatic heterocycles. The highest BCUT2D eigenvalue weighted by Gasteiger charge is 2.35. The SMILES string of the molecule is CCCON(C)C1C(c2c(O)[nH]c3cc(Cl)c(Cl)cc23)=Nc2ccccc21. The Bertz CT molecular complexity index is 1050. The highest BCUT2D eigenvalue weighted by atomic mass is 35.5. The van der Waals surface area contributed by atoms with E-state index in [1.807, 2.05) is 31.3 Å². The fraction of sp³-hybridized carbons (Fsp3) is 0.250. The lowest BCUT2D eigenvalue weighted by molar-refractivity contribution is -0.153. The van der Waals surface area contributed by atoms with Gasteiger partial charge in [0.05, 0.1) is 39.1 Å². The van der Waals surface area contributed by atoms with Crippen molar-refractivity contribution in [1.82, 2.24) is 10.0 Å². The van der Waals surface area contributed by atoms with Gasteiger partial charge in [-0.15, -0.1) is 0 Å². The highest BCUT2D eigenvalue weighted by Crippen LogP contribution is 2.43.